The Morgan fingerprint density at radius 1 is 0.263 bits per heavy atom. The highest BCUT2D eigenvalue weighted by Crippen LogP contribution is 2.38. The predicted molar refractivity (Wildman–Crippen MR) is 240 cm³/mol. The van der Waals surface area contributed by atoms with Crippen molar-refractivity contribution in [2.45, 2.75) is 0 Å². The van der Waals surface area contributed by atoms with Crippen molar-refractivity contribution < 1.29 is 0 Å². The first kappa shape index (κ1) is 33.1. The minimum atomic E-state index is 0.634. The Hall–Kier alpha value is -7.27. The van der Waals surface area contributed by atoms with Crippen molar-refractivity contribution in [1.82, 2.24) is 15.0 Å². The van der Waals surface area contributed by atoms with Crippen molar-refractivity contribution in [2.75, 3.05) is 0 Å². The molecule has 0 amide bonds. The average molecular weight is 744 g/mol. The maximum atomic E-state index is 5.20. The van der Waals surface area contributed by atoms with Gasteiger partial charge in [0.05, 0.1) is 0 Å². The molecule has 9 aromatic carbocycles. The summed E-state index contributed by atoms with van der Waals surface area (Å²) in [4.78, 5) is 15.5. The van der Waals surface area contributed by atoms with Crippen LogP contribution in [0.25, 0.3) is 109 Å². The van der Waals surface area contributed by atoms with Gasteiger partial charge < -0.3 is 0 Å². The van der Waals surface area contributed by atoms with Crippen molar-refractivity contribution in [1.29, 1.82) is 0 Å². The highest BCUT2D eigenvalue weighted by atomic mass is 32.1. The van der Waals surface area contributed by atoms with Crippen LogP contribution in [0.1, 0.15) is 0 Å². The Morgan fingerprint density at radius 2 is 0.737 bits per heavy atom. The highest BCUT2D eigenvalue weighted by molar-refractivity contribution is 7.25. The molecule has 2 heterocycles. The molecular formula is C53H33N3S. The van der Waals surface area contributed by atoms with Crippen molar-refractivity contribution in [3.05, 3.63) is 200 Å². The van der Waals surface area contributed by atoms with Crippen LogP contribution in [-0.4, -0.2) is 15.0 Å². The van der Waals surface area contributed by atoms with E-state index in [1.54, 1.807) is 0 Å². The summed E-state index contributed by atoms with van der Waals surface area (Å²) in [5, 5.41) is 7.32. The summed E-state index contributed by atoms with van der Waals surface area (Å²) in [6.45, 7) is 0. The van der Waals surface area contributed by atoms with Gasteiger partial charge in [-0.3, -0.25) is 0 Å². The van der Waals surface area contributed by atoms with E-state index in [1.807, 2.05) is 11.3 Å². The zero-order valence-corrected chi connectivity index (χ0v) is 31.6. The first-order valence-corrected chi connectivity index (χ1v) is 20.0. The summed E-state index contributed by atoms with van der Waals surface area (Å²) in [7, 11) is 0. The Kier molecular flexibility index (Phi) is 8.01. The monoisotopic (exact) mass is 743 g/mol. The minimum Gasteiger partial charge on any atom is -0.208 e. The summed E-state index contributed by atoms with van der Waals surface area (Å²) < 4.78 is 2.61. The van der Waals surface area contributed by atoms with Crippen LogP contribution in [0.15, 0.2) is 200 Å². The second-order valence-electron chi connectivity index (χ2n) is 14.4. The van der Waals surface area contributed by atoms with Gasteiger partial charge in [-0.25, -0.2) is 15.0 Å². The van der Waals surface area contributed by atoms with Gasteiger partial charge in [0.2, 0.25) is 0 Å². The summed E-state index contributed by atoms with van der Waals surface area (Å²) in [5.41, 5.74) is 9.88. The van der Waals surface area contributed by atoms with Crippen molar-refractivity contribution in [2.24, 2.45) is 0 Å². The molecule has 3 nitrogen and oxygen atoms in total. The Balaban J connectivity index is 1.03. The van der Waals surface area contributed by atoms with Crippen LogP contribution in [0.5, 0.6) is 0 Å². The number of hydrogen-bond acceptors (Lipinski definition) is 4. The lowest BCUT2D eigenvalue weighted by Crippen LogP contribution is -2.00. The second-order valence-corrected chi connectivity index (χ2v) is 15.5. The number of thiophene rings is 1. The lowest BCUT2D eigenvalue weighted by molar-refractivity contribution is 1.08. The molecule has 0 saturated carbocycles. The van der Waals surface area contributed by atoms with Gasteiger partial charge in [-0.15, -0.1) is 11.3 Å². The molecule has 0 aliphatic carbocycles. The molecule has 11 rings (SSSR count). The number of rotatable bonds is 6. The smallest absolute Gasteiger partial charge is 0.164 e. The van der Waals surface area contributed by atoms with E-state index >= 15 is 0 Å². The first-order valence-electron chi connectivity index (χ1n) is 19.2. The Bertz CT molecular complexity index is 3270. The molecular weight excluding hydrogens is 711 g/mol. The summed E-state index contributed by atoms with van der Waals surface area (Å²) >= 11 is 1.84. The lowest BCUT2D eigenvalue weighted by atomic mass is 9.95. The zero-order chi connectivity index (χ0) is 37.7. The molecule has 0 bridgehead atoms. The molecule has 0 fully saturated rings. The topological polar surface area (TPSA) is 38.7 Å². The Labute approximate surface area is 334 Å². The van der Waals surface area contributed by atoms with Crippen LogP contribution < -0.4 is 0 Å². The maximum absolute atomic E-state index is 5.20. The number of aromatic nitrogens is 3. The van der Waals surface area contributed by atoms with Crippen LogP contribution in [0.2, 0.25) is 0 Å². The van der Waals surface area contributed by atoms with E-state index in [-0.39, 0.29) is 0 Å². The molecule has 0 aliphatic rings. The van der Waals surface area contributed by atoms with E-state index in [9.17, 15) is 0 Å². The fraction of sp³-hybridized carbons (Fsp3) is 0. The van der Waals surface area contributed by atoms with E-state index in [2.05, 4.69) is 200 Å². The fourth-order valence-electron chi connectivity index (χ4n) is 8.12. The van der Waals surface area contributed by atoms with Gasteiger partial charge in [-0.05, 0) is 67.1 Å². The number of nitrogens with zero attached hydrogens (tertiary/aromatic N) is 3. The molecule has 0 atom stereocenters. The molecule has 0 spiro atoms. The van der Waals surface area contributed by atoms with Crippen LogP contribution in [0.4, 0.5) is 0 Å². The summed E-state index contributed by atoms with van der Waals surface area (Å²) in [5.74, 6) is 1.91. The molecule has 4 heteroatoms. The predicted octanol–water partition coefficient (Wildman–Crippen LogP) is 14.5. The highest BCUT2D eigenvalue weighted by Gasteiger charge is 2.17. The van der Waals surface area contributed by atoms with Gasteiger partial charge in [0.1, 0.15) is 0 Å². The standard InChI is InChI=1S/C53H33N3S/c1-2-11-35(12-3-1)43-18-9-20-45-44(43)19-10-21-48(45)53-55-51(38-27-23-34(24-28-38)40-31-32-47-46-16-6-7-22-49(46)57-50(47)33-40)54-52(56-53)39-29-25-37(26-30-39)42-17-8-14-36-13-4-5-15-41(36)42/h1-33H. The molecule has 0 N–H and O–H groups in total. The van der Waals surface area contributed by atoms with Crippen LogP contribution in [0, 0.1) is 0 Å². The van der Waals surface area contributed by atoms with Gasteiger partial charge in [-0.2, -0.15) is 0 Å². The third-order valence-electron chi connectivity index (χ3n) is 11.0. The molecule has 0 aliphatic heterocycles. The molecule has 0 saturated heterocycles. The van der Waals surface area contributed by atoms with Crippen molar-refractivity contribution >= 4 is 53.1 Å². The van der Waals surface area contributed by atoms with Gasteiger partial charge in [0.15, 0.2) is 17.5 Å². The lowest BCUT2D eigenvalue weighted by Gasteiger charge is -2.13. The van der Waals surface area contributed by atoms with Crippen molar-refractivity contribution in [3.8, 4) is 67.5 Å². The first-order chi connectivity index (χ1) is 28.2. The maximum Gasteiger partial charge on any atom is 0.164 e. The van der Waals surface area contributed by atoms with Gasteiger partial charge in [0, 0.05) is 36.9 Å². The van der Waals surface area contributed by atoms with Crippen molar-refractivity contribution in [3.63, 3.8) is 0 Å². The van der Waals surface area contributed by atoms with Gasteiger partial charge in [0.25, 0.3) is 0 Å². The largest absolute Gasteiger partial charge is 0.208 e. The van der Waals surface area contributed by atoms with Crippen LogP contribution in [0.3, 0.4) is 0 Å². The molecule has 0 radical (unpaired) electrons. The van der Waals surface area contributed by atoms with E-state index in [0.717, 1.165) is 38.6 Å². The molecule has 266 valence electrons. The van der Waals surface area contributed by atoms with Gasteiger partial charge in [-0.1, -0.05) is 188 Å². The normalized spacial score (nSPS) is 11.5. The average Bonchev–Trinajstić information content (AvgIpc) is 3.67. The molecule has 11 aromatic rings. The fourth-order valence-corrected chi connectivity index (χ4v) is 9.27. The third kappa shape index (κ3) is 5.95. The molecule has 57 heavy (non-hydrogen) atoms. The quantitative estimate of drug-likeness (QED) is 0.170. The second kappa shape index (κ2) is 13.8. The van der Waals surface area contributed by atoms with E-state index < -0.39 is 0 Å². The van der Waals surface area contributed by atoms with E-state index in [4.69, 9.17) is 15.0 Å². The Morgan fingerprint density at radius 3 is 1.49 bits per heavy atom. The van der Waals surface area contributed by atoms with E-state index in [1.165, 1.54) is 53.2 Å². The third-order valence-corrected chi connectivity index (χ3v) is 12.1. The van der Waals surface area contributed by atoms with Crippen LogP contribution in [-0.2, 0) is 0 Å². The molecule has 2 aromatic heterocycles. The number of benzene rings is 9. The SMILES string of the molecule is c1ccc(-c2cccc3c(-c4nc(-c5ccc(-c6ccc7c(c6)sc6ccccc67)cc5)nc(-c5ccc(-c6cccc7ccccc67)cc5)n4)cccc23)cc1. The number of fused-ring (bicyclic) bond motifs is 5. The van der Waals surface area contributed by atoms with Crippen LogP contribution >= 0.6 is 11.3 Å². The zero-order valence-electron chi connectivity index (χ0n) is 30.8. The summed E-state index contributed by atoms with van der Waals surface area (Å²) in [6.07, 6.45) is 0. The number of hydrogen-bond donors (Lipinski definition) is 0. The summed E-state index contributed by atoms with van der Waals surface area (Å²) in [6, 6.07) is 71.1. The minimum absolute atomic E-state index is 0.634. The van der Waals surface area contributed by atoms with E-state index in [0.29, 0.717) is 17.5 Å². The van der Waals surface area contributed by atoms with Gasteiger partial charge >= 0.3 is 0 Å². The molecule has 0 unspecified atom stereocenters.